The van der Waals surface area contributed by atoms with E-state index in [2.05, 4.69) is 5.32 Å². The molecular formula is C22H24FN3O4S. The zero-order valence-corrected chi connectivity index (χ0v) is 18.0. The van der Waals surface area contributed by atoms with E-state index in [1.807, 2.05) is 0 Å². The van der Waals surface area contributed by atoms with Crippen LogP contribution in [0.25, 0.3) is 0 Å². The molecule has 0 spiro atoms. The molecular weight excluding hydrogens is 421 g/mol. The second kappa shape index (κ2) is 8.39. The van der Waals surface area contributed by atoms with Gasteiger partial charge in [0.05, 0.1) is 4.90 Å². The van der Waals surface area contributed by atoms with Crippen molar-refractivity contribution in [1.82, 2.24) is 9.62 Å². The number of hydrogen-bond acceptors (Lipinski definition) is 4. The van der Waals surface area contributed by atoms with Crippen molar-refractivity contribution in [1.29, 1.82) is 0 Å². The van der Waals surface area contributed by atoms with Crippen LogP contribution in [-0.2, 0) is 32.6 Å². The van der Waals surface area contributed by atoms with Gasteiger partial charge in [-0.15, -0.1) is 0 Å². The number of fused-ring (bicyclic) bond motifs is 1. The Labute approximate surface area is 180 Å². The number of rotatable bonds is 5. The number of amides is 2. The van der Waals surface area contributed by atoms with Crippen molar-refractivity contribution in [2.24, 2.45) is 0 Å². The minimum Gasteiger partial charge on any atom is -0.350 e. The van der Waals surface area contributed by atoms with Gasteiger partial charge in [-0.1, -0.05) is 12.1 Å². The van der Waals surface area contributed by atoms with Crippen molar-refractivity contribution in [3.05, 3.63) is 59.4 Å². The van der Waals surface area contributed by atoms with Gasteiger partial charge in [0.15, 0.2) is 0 Å². The molecule has 2 aromatic rings. The van der Waals surface area contributed by atoms with E-state index in [1.54, 1.807) is 24.3 Å². The van der Waals surface area contributed by atoms with Crippen molar-refractivity contribution in [2.75, 3.05) is 18.0 Å². The Morgan fingerprint density at radius 2 is 1.87 bits per heavy atom. The number of carbonyl (C=O) groups is 2. The summed E-state index contributed by atoms with van der Waals surface area (Å²) < 4.78 is 40.6. The first kappa shape index (κ1) is 21.5. The Balaban J connectivity index is 1.55. The van der Waals surface area contributed by atoms with Crippen LogP contribution in [0.4, 0.5) is 10.1 Å². The summed E-state index contributed by atoms with van der Waals surface area (Å²) in [6, 6.07) is 9.79. The predicted molar refractivity (Wildman–Crippen MR) is 113 cm³/mol. The number of carbonyl (C=O) groups excluding carboxylic acids is 2. The number of sulfonamides is 1. The maximum Gasteiger partial charge on any atom is 0.243 e. The molecule has 0 aliphatic carbocycles. The van der Waals surface area contributed by atoms with Crippen molar-refractivity contribution in [2.45, 2.75) is 43.7 Å². The molecule has 9 heteroatoms. The van der Waals surface area contributed by atoms with Gasteiger partial charge in [0.25, 0.3) is 0 Å². The van der Waals surface area contributed by atoms with Gasteiger partial charge in [-0.3, -0.25) is 14.5 Å². The predicted octanol–water partition coefficient (Wildman–Crippen LogP) is 2.20. The van der Waals surface area contributed by atoms with Crippen LogP contribution in [0, 0.1) is 5.82 Å². The first-order chi connectivity index (χ1) is 14.8. The summed E-state index contributed by atoms with van der Waals surface area (Å²) in [5.41, 5.74) is 1.79. The van der Waals surface area contributed by atoms with Crippen LogP contribution in [0.5, 0.6) is 0 Å². The molecule has 164 valence electrons. The molecule has 1 saturated heterocycles. The van der Waals surface area contributed by atoms with Gasteiger partial charge >= 0.3 is 0 Å². The molecule has 2 aliphatic rings. The normalized spacial score (nSPS) is 18.8. The highest BCUT2D eigenvalue weighted by molar-refractivity contribution is 7.89. The summed E-state index contributed by atoms with van der Waals surface area (Å²) in [5.74, 6) is -1.07. The molecule has 2 amide bonds. The molecule has 0 bridgehead atoms. The maximum absolute atomic E-state index is 13.4. The molecule has 0 aromatic heterocycles. The Kier molecular flexibility index (Phi) is 5.81. The second-order valence-electron chi connectivity index (χ2n) is 7.86. The van der Waals surface area contributed by atoms with Crippen LogP contribution in [0.1, 0.15) is 30.9 Å². The van der Waals surface area contributed by atoms with Gasteiger partial charge in [-0.2, -0.15) is 4.31 Å². The molecule has 7 nitrogen and oxygen atoms in total. The number of nitrogens with one attached hydrogen (secondary N) is 1. The molecule has 0 saturated carbocycles. The van der Waals surface area contributed by atoms with Crippen molar-refractivity contribution < 1.29 is 22.4 Å². The fourth-order valence-corrected chi connectivity index (χ4v) is 5.79. The van der Waals surface area contributed by atoms with E-state index in [9.17, 15) is 22.4 Å². The lowest BCUT2D eigenvalue weighted by Gasteiger charge is -2.23. The van der Waals surface area contributed by atoms with Gasteiger partial charge in [0.1, 0.15) is 11.9 Å². The zero-order chi connectivity index (χ0) is 22.2. The molecule has 4 rings (SSSR count). The smallest absolute Gasteiger partial charge is 0.243 e. The number of anilines is 1. The zero-order valence-electron chi connectivity index (χ0n) is 17.2. The molecule has 31 heavy (non-hydrogen) atoms. The minimum absolute atomic E-state index is 0.129. The maximum atomic E-state index is 13.4. The molecule has 1 fully saturated rings. The van der Waals surface area contributed by atoms with E-state index in [4.69, 9.17) is 0 Å². The van der Waals surface area contributed by atoms with Crippen molar-refractivity contribution >= 4 is 27.5 Å². The van der Waals surface area contributed by atoms with Gasteiger partial charge in [-0.25, -0.2) is 12.8 Å². The highest BCUT2D eigenvalue weighted by atomic mass is 32.2. The van der Waals surface area contributed by atoms with Crippen LogP contribution in [0.3, 0.4) is 0 Å². The van der Waals surface area contributed by atoms with Gasteiger partial charge in [0, 0.05) is 38.7 Å². The first-order valence-corrected chi connectivity index (χ1v) is 11.7. The van der Waals surface area contributed by atoms with Crippen molar-refractivity contribution in [3.63, 3.8) is 0 Å². The van der Waals surface area contributed by atoms with Gasteiger partial charge in [-0.05, 0) is 54.3 Å². The fourth-order valence-electron chi connectivity index (χ4n) is 4.22. The van der Waals surface area contributed by atoms with Crippen LogP contribution >= 0.6 is 0 Å². The molecule has 1 N–H and O–H groups in total. The van der Waals surface area contributed by atoms with Crippen LogP contribution < -0.4 is 10.2 Å². The minimum atomic E-state index is -3.59. The van der Waals surface area contributed by atoms with E-state index in [-0.39, 0.29) is 29.7 Å². The van der Waals surface area contributed by atoms with E-state index in [1.165, 1.54) is 34.3 Å². The third-order valence-corrected chi connectivity index (χ3v) is 7.63. The third-order valence-electron chi connectivity index (χ3n) is 5.74. The molecule has 0 unspecified atom stereocenters. The average molecular weight is 446 g/mol. The Bertz CT molecular complexity index is 1130. The molecule has 1 atom stereocenters. The molecule has 2 aliphatic heterocycles. The van der Waals surface area contributed by atoms with E-state index < -0.39 is 21.9 Å². The average Bonchev–Trinajstić information content (AvgIpc) is 3.40. The number of nitrogens with zero attached hydrogens (tertiary/aromatic N) is 2. The highest BCUT2D eigenvalue weighted by Crippen LogP contribution is 2.35. The van der Waals surface area contributed by atoms with E-state index in [0.29, 0.717) is 29.9 Å². The lowest BCUT2D eigenvalue weighted by molar-refractivity contribution is -0.125. The summed E-state index contributed by atoms with van der Waals surface area (Å²) in [6.07, 6.45) is 1.90. The number of halogens is 1. The van der Waals surface area contributed by atoms with E-state index in [0.717, 1.165) is 12.8 Å². The molecule has 2 heterocycles. The van der Waals surface area contributed by atoms with Crippen LogP contribution in [0.15, 0.2) is 47.4 Å². The lowest BCUT2D eigenvalue weighted by atomic mass is 10.1. The SMILES string of the molecule is CC(=O)N1c2ccc(S(=O)(=O)N3CCCC3)cc2C[C@H]1C(=O)NCc1cccc(F)c1. The molecule has 2 aromatic carbocycles. The van der Waals surface area contributed by atoms with Crippen LogP contribution in [-0.4, -0.2) is 43.7 Å². The fraction of sp³-hybridized carbons (Fsp3) is 0.364. The Hall–Kier alpha value is -2.78. The first-order valence-electron chi connectivity index (χ1n) is 10.2. The van der Waals surface area contributed by atoms with Gasteiger partial charge < -0.3 is 5.32 Å². The van der Waals surface area contributed by atoms with Crippen molar-refractivity contribution in [3.8, 4) is 0 Å². The quantitative estimate of drug-likeness (QED) is 0.765. The monoisotopic (exact) mass is 445 g/mol. The largest absolute Gasteiger partial charge is 0.350 e. The summed E-state index contributed by atoms with van der Waals surface area (Å²) in [5, 5.41) is 2.75. The second-order valence-corrected chi connectivity index (χ2v) is 9.80. The summed E-state index contributed by atoms with van der Waals surface area (Å²) in [4.78, 5) is 26.7. The number of benzene rings is 2. The Morgan fingerprint density at radius 3 is 2.55 bits per heavy atom. The standard InChI is InChI=1S/C22H24FN3O4S/c1-15(27)26-20-8-7-19(31(29,30)25-9-2-3-10-25)12-17(20)13-21(26)22(28)24-14-16-5-4-6-18(23)11-16/h4-8,11-12,21H,2-3,9-10,13-14H2,1H3,(H,24,28)/t21-/m0/s1. The third kappa shape index (κ3) is 4.20. The summed E-state index contributed by atoms with van der Waals surface area (Å²) in [6.45, 7) is 2.51. The topological polar surface area (TPSA) is 86.8 Å². The van der Waals surface area contributed by atoms with Gasteiger partial charge in [0.2, 0.25) is 21.8 Å². The van der Waals surface area contributed by atoms with E-state index >= 15 is 0 Å². The Morgan fingerprint density at radius 1 is 1.13 bits per heavy atom. The van der Waals surface area contributed by atoms with Crippen LogP contribution in [0.2, 0.25) is 0 Å². The number of hydrogen-bond donors (Lipinski definition) is 1. The summed E-state index contributed by atoms with van der Waals surface area (Å²) in [7, 11) is -3.59. The summed E-state index contributed by atoms with van der Waals surface area (Å²) >= 11 is 0. The molecule has 0 radical (unpaired) electrons. The highest BCUT2D eigenvalue weighted by Gasteiger charge is 2.38. The lowest BCUT2D eigenvalue weighted by Crippen LogP contribution is -2.47.